The number of carboxylic acid groups (broad SMARTS) is 1. The van der Waals surface area contributed by atoms with Gasteiger partial charge in [0.25, 0.3) is 0 Å². The lowest BCUT2D eigenvalue weighted by Crippen LogP contribution is -2.41. The maximum absolute atomic E-state index is 13.6. The average molecular weight is 284 g/mol. The van der Waals surface area contributed by atoms with E-state index in [1.807, 2.05) is 0 Å². The molecule has 2 N–H and O–H groups in total. The van der Waals surface area contributed by atoms with Gasteiger partial charge in [0.2, 0.25) is 5.91 Å². The van der Waals surface area contributed by atoms with Gasteiger partial charge in [-0.3, -0.25) is 14.5 Å². The minimum absolute atomic E-state index is 0.0390. The first-order valence-electron chi connectivity index (χ1n) is 6.14. The van der Waals surface area contributed by atoms with Gasteiger partial charge >= 0.3 is 5.97 Å². The molecule has 1 aromatic rings. The van der Waals surface area contributed by atoms with Crippen molar-refractivity contribution in [2.75, 3.05) is 19.6 Å². The molecular weight excluding hydrogens is 270 g/mol. The number of benzene rings is 1. The van der Waals surface area contributed by atoms with Crippen LogP contribution in [-0.4, -0.2) is 41.5 Å². The Balaban J connectivity index is 1.99. The number of hydrogen-bond acceptors (Lipinski definition) is 3. The van der Waals surface area contributed by atoms with Crippen molar-refractivity contribution >= 4 is 11.9 Å². The molecular formula is C13H14F2N2O3. The predicted octanol–water partition coefficient (Wildman–Crippen LogP) is 0.524. The van der Waals surface area contributed by atoms with Gasteiger partial charge in [-0.2, -0.15) is 0 Å². The number of carbonyl (C=O) groups is 2. The molecule has 0 saturated carbocycles. The Bertz CT molecular complexity index is 549. The summed E-state index contributed by atoms with van der Waals surface area (Å²) in [6.07, 6.45) is 0.325. The van der Waals surface area contributed by atoms with Crippen LogP contribution >= 0.6 is 0 Å². The normalized spacial score (nSPS) is 14.7. The van der Waals surface area contributed by atoms with E-state index in [-0.39, 0.29) is 18.7 Å². The summed E-state index contributed by atoms with van der Waals surface area (Å²) in [6, 6.07) is 2.17. The monoisotopic (exact) mass is 284 g/mol. The van der Waals surface area contributed by atoms with E-state index in [9.17, 15) is 18.4 Å². The largest absolute Gasteiger partial charge is 0.480 e. The summed E-state index contributed by atoms with van der Waals surface area (Å²) < 4.78 is 27.2. The highest BCUT2D eigenvalue weighted by Gasteiger charge is 2.23. The quantitative estimate of drug-likeness (QED) is 0.846. The summed E-state index contributed by atoms with van der Waals surface area (Å²) in [5.41, 5.74) is 0.620. The number of carbonyl (C=O) groups excluding carboxylic acids is 1. The van der Waals surface area contributed by atoms with Crippen molar-refractivity contribution in [3.63, 3.8) is 0 Å². The van der Waals surface area contributed by atoms with Crippen molar-refractivity contribution in [3.05, 3.63) is 34.9 Å². The highest BCUT2D eigenvalue weighted by molar-refractivity contribution is 5.82. The molecule has 1 aromatic carbocycles. The van der Waals surface area contributed by atoms with Crippen LogP contribution in [0.25, 0.3) is 0 Å². The van der Waals surface area contributed by atoms with Gasteiger partial charge in [0.1, 0.15) is 18.2 Å². The van der Waals surface area contributed by atoms with Crippen LogP contribution < -0.4 is 5.32 Å². The molecule has 20 heavy (non-hydrogen) atoms. The molecule has 0 radical (unpaired) electrons. The van der Waals surface area contributed by atoms with Gasteiger partial charge in [-0.05, 0) is 24.1 Å². The van der Waals surface area contributed by atoms with Gasteiger partial charge in [-0.1, -0.05) is 0 Å². The third kappa shape index (κ3) is 3.30. The Kier molecular flexibility index (Phi) is 4.29. The molecule has 1 heterocycles. The maximum Gasteiger partial charge on any atom is 0.322 e. The summed E-state index contributed by atoms with van der Waals surface area (Å²) in [7, 11) is 0. The van der Waals surface area contributed by atoms with Gasteiger partial charge < -0.3 is 10.4 Å². The summed E-state index contributed by atoms with van der Waals surface area (Å²) in [6.45, 7) is 0.0716. The van der Waals surface area contributed by atoms with E-state index in [0.717, 1.165) is 12.1 Å². The Hall–Kier alpha value is -2.02. The molecule has 1 amide bonds. The fourth-order valence-corrected chi connectivity index (χ4v) is 2.22. The molecule has 0 saturated heterocycles. The Labute approximate surface area is 114 Å². The van der Waals surface area contributed by atoms with Crippen LogP contribution in [0.2, 0.25) is 0 Å². The van der Waals surface area contributed by atoms with Crippen LogP contribution in [0.4, 0.5) is 8.78 Å². The molecule has 0 aliphatic carbocycles. The molecule has 5 nitrogen and oxygen atoms in total. The van der Waals surface area contributed by atoms with E-state index in [1.54, 1.807) is 4.90 Å². The van der Waals surface area contributed by atoms with Crippen LogP contribution in [0.1, 0.15) is 11.1 Å². The van der Waals surface area contributed by atoms with E-state index in [1.165, 1.54) is 0 Å². The third-order valence-corrected chi connectivity index (χ3v) is 3.18. The first kappa shape index (κ1) is 14.4. The number of aliphatic carboxylic acids is 1. The first-order chi connectivity index (χ1) is 9.47. The summed E-state index contributed by atoms with van der Waals surface area (Å²) in [4.78, 5) is 23.5. The van der Waals surface area contributed by atoms with E-state index in [2.05, 4.69) is 5.32 Å². The predicted molar refractivity (Wildman–Crippen MR) is 66.0 cm³/mol. The first-order valence-corrected chi connectivity index (χ1v) is 6.14. The zero-order chi connectivity index (χ0) is 14.7. The van der Waals surface area contributed by atoms with Crippen LogP contribution in [0, 0.1) is 11.6 Å². The zero-order valence-corrected chi connectivity index (χ0v) is 10.7. The van der Waals surface area contributed by atoms with E-state index in [4.69, 9.17) is 5.11 Å². The number of nitrogens with one attached hydrogen (secondary N) is 1. The van der Waals surface area contributed by atoms with E-state index in [0.29, 0.717) is 18.5 Å². The summed E-state index contributed by atoms with van der Waals surface area (Å²) in [5.74, 6) is -2.50. The average Bonchev–Trinajstić information content (AvgIpc) is 2.41. The number of rotatable bonds is 4. The van der Waals surface area contributed by atoms with Crippen molar-refractivity contribution in [1.29, 1.82) is 0 Å². The van der Waals surface area contributed by atoms with Crippen LogP contribution in [0.3, 0.4) is 0 Å². The summed E-state index contributed by atoms with van der Waals surface area (Å²) >= 11 is 0. The Morgan fingerprint density at radius 3 is 2.55 bits per heavy atom. The summed E-state index contributed by atoms with van der Waals surface area (Å²) in [5, 5.41) is 10.7. The lowest BCUT2D eigenvalue weighted by Gasteiger charge is -2.28. The van der Waals surface area contributed by atoms with Crippen molar-refractivity contribution in [3.8, 4) is 0 Å². The molecule has 0 fully saturated rings. The van der Waals surface area contributed by atoms with Crippen molar-refractivity contribution in [1.82, 2.24) is 10.2 Å². The van der Waals surface area contributed by atoms with E-state index >= 15 is 0 Å². The minimum Gasteiger partial charge on any atom is -0.480 e. The molecule has 0 bridgehead atoms. The Morgan fingerprint density at radius 2 is 1.90 bits per heavy atom. The Morgan fingerprint density at radius 1 is 1.25 bits per heavy atom. The lowest BCUT2D eigenvalue weighted by molar-refractivity contribution is -0.138. The lowest BCUT2D eigenvalue weighted by atomic mass is 9.98. The number of nitrogens with zero attached hydrogens (tertiary/aromatic N) is 1. The van der Waals surface area contributed by atoms with Gasteiger partial charge in [0.05, 0.1) is 6.54 Å². The molecule has 7 heteroatoms. The van der Waals surface area contributed by atoms with Gasteiger partial charge in [0.15, 0.2) is 0 Å². The topological polar surface area (TPSA) is 69.6 Å². The molecule has 108 valence electrons. The van der Waals surface area contributed by atoms with Crippen LogP contribution in [0.15, 0.2) is 12.1 Å². The second-order valence-corrected chi connectivity index (χ2v) is 4.62. The third-order valence-electron chi connectivity index (χ3n) is 3.18. The van der Waals surface area contributed by atoms with Gasteiger partial charge in [-0.25, -0.2) is 8.78 Å². The number of halogens is 2. The fraction of sp³-hybridized carbons (Fsp3) is 0.385. The SMILES string of the molecule is O=C(O)CNC(=O)CN1CCc2c(F)ccc(F)c2C1. The highest BCUT2D eigenvalue weighted by atomic mass is 19.1. The van der Waals surface area contributed by atoms with Gasteiger partial charge in [-0.15, -0.1) is 0 Å². The van der Waals surface area contributed by atoms with Crippen molar-refractivity contribution < 1.29 is 23.5 Å². The van der Waals surface area contributed by atoms with Crippen LogP contribution in [0.5, 0.6) is 0 Å². The minimum atomic E-state index is -1.13. The van der Waals surface area contributed by atoms with Crippen molar-refractivity contribution in [2.45, 2.75) is 13.0 Å². The molecule has 1 aliphatic rings. The molecule has 0 unspecified atom stereocenters. The van der Waals surface area contributed by atoms with E-state index < -0.39 is 30.1 Å². The molecule has 0 spiro atoms. The standard InChI is InChI=1S/C13H14F2N2O3/c14-10-1-2-11(15)9-6-17(4-3-8(9)10)7-12(18)16-5-13(19)20/h1-2H,3-7H2,(H,16,18)(H,19,20). The zero-order valence-electron chi connectivity index (χ0n) is 10.7. The number of hydrogen-bond donors (Lipinski definition) is 2. The van der Waals surface area contributed by atoms with Gasteiger partial charge in [0, 0.05) is 18.7 Å². The second-order valence-electron chi connectivity index (χ2n) is 4.62. The van der Waals surface area contributed by atoms with Crippen LogP contribution in [-0.2, 0) is 22.6 Å². The molecule has 2 rings (SSSR count). The molecule has 0 atom stereocenters. The molecule has 0 aromatic heterocycles. The maximum atomic E-state index is 13.6. The second kappa shape index (κ2) is 5.96. The van der Waals surface area contributed by atoms with Crippen molar-refractivity contribution in [2.24, 2.45) is 0 Å². The number of carboxylic acids is 1. The number of amides is 1. The molecule has 1 aliphatic heterocycles. The highest BCUT2D eigenvalue weighted by Crippen LogP contribution is 2.24. The fourth-order valence-electron chi connectivity index (χ4n) is 2.22. The smallest absolute Gasteiger partial charge is 0.322 e. The number of fused-ring (bicyclic) bond motifs is 1.